The Kier molecular flexibility index (Phi) is 6.50. The number of rotatable bonds is 7. The van der Waals surface area contributed by atoms with Crippen LogP contribution in [0.25, 0.3) is 0 Å². The van der Waals surface area contributed by atoms with E-state index in [4.69, 9.17) is 9.47 Å². The van der Waals surface area contributed by atoms with Crippen LogP contribution in [0.5, 0.6) is 5.75 Å². The molecule has 2 rings (SSSR count). The van der Waals surface area contributed by atoms with Crippen molar-refractivity contribution >= 4 is 5.91 Å². The number of benzene rings is 1. The van der Waals surface area contributed by atoms with Crippen molar-refractivity contribution in [2.75, 3.05) is 32.8 Å². The second kappa shape index (κ2) is 8.64. The third-order valence-corrected chi connectivity index (χ3v) is 3.46. The Bertz CT molecular complexity index is 445. The van der Waals surface area contributed by atoms with Gasteiger partial charge in [-0.1, -0.05) is 12.1 Å². The molecule has 1 aliphatic rings. The Hall–Kier alpha value is -1.59. The van der Waals surface area contributed by atoms with Crippen LogP contribution in [0.3, 0.4) is 0 Å². The Morgan fingerprint density at radius 1 is 1.33 bits per heavy atom. The van der Waals surface area contributed by atoms with E-state index in [1.54, 1.807) is 6.07 Å². The van der Waals surface area contributed by atoms with Crippen molar-refractivity contribution < 1.29 is 14.3 Å². The van der Waals surface area contributed by atoms with Crippen molar-refractivity contribution in [1.82, 2.24) is 10.6 Å². The third kappa shape index (κ3) is 5.02. The molecule has 1 heterocycles. The number of carbonyl (C=O) groups is 1. The van der Waals surface area contributed by atoms with Crippen LogP contribution in [0.1, 0.15) is 30.1 Å². The molecule has 1 fully saturated rings. The summed E-state index contributed by atoms with van der Waals surface area (Å²) in [5.74, 6) is 0.504. The van der Waals surface area contributed by atoms with E-state index in [1.807, 2.05) is 25.1 Å². The molecule has 0 atom stereocenters. The van der Waals surface area contributed by atoms with Crippen LogP contribution in [-0.2, 0) is 4.74 Å². The van der Waals surface area contributed by atoms with E-state index in [9.17, 15) is 4.79 Å². The lowest BCUT2D eigenvalue weighted by atomic mass is 10.1. The van der Waals surface area contributed by atoms with Crippen molar-refractivity contribution in [3.63, 3.8) is 0 Å². The molecule has 0 spiro atoms. The highest BCUT2D eigenvalue weighted by Gasteiger charge is 2.14. The summed E-state index contributed by atoms with van der Waals surface area (Å²) >= 11 is 0. The first-order valence-electron chi connectivity index (χ1n) is 7.63. The molecule has 5 nitrogen and oxygen atoms in total. The van der Waals surface area contributed by atoms with Gasteiger partial charge in [-0.2, -0.15) is 0 Å². The van der Waals surface area contributed by atoms with E-state index in [0.29, 0.717) is 37.2 Å². The third-order valence-electron chi connectivity index (χ3n) is 3.46. The Morgan fingerprint density at radius 3 is 2.86 bits per heavy atom. The van der Waals surface area contributed by atoms with Crippen LogP contribution >= 0.6 is 0 Å². The van der Waals surface area contributed by atoms with Crippen LogP contribution in [0.4, 0.5) is 0 Å². The molecule has 0 saturated carbocycles. The zero-order valence-electron chi connectivity index (χ0n) is 12.6. The largest absolute Gasteiger partial charge is 0.493 e. The SMILES string of the molecule is CCOc1ccccc1C(=O)NCCOC1CCNCC1. The molecule has 0 aliphatic carbocycles. The summed E-state index contributed by atoms with van der Waals surface area (Å²) in [5.41, 5.74) is 0.571. The molecule has 21 heavy (non-hydrogen) atoms. The van der Waals surface area contributed by atoms with E-state index in [-0.39, 0.29) is 5.91 Å². The minimum atomic E-state index is -0.118. The molecular weight excluding hydrogens is 268 g/mol. The van der Waals surface area contributed by atoms with Crippen molar-refractivity contribution in [2.24, 2.45) is 0 Å². The molecular formula is C16H24N2O3. The molecule has 0 unspecified atom stereocenters. The second-order valence-electron chi connectivity index (χ2n) is 5.01. The maximum atomic E-state index is 12.1. The van der Waals surface area contributed by atoms with Crippen molar-refractivity contribution in [3.8, 4) is 5.75 Å². The highest BCUT2D eigenvalue weighted by molar-refractivity contribution is 5.96. The van der Waals surface area contributed by atoms with Gasteiger partial charge in [0.15, 0.2) is 0 Å². The van der Waals surface area contributed by atoms with E-state index in [2.05, 4.69) is 10.6 Å². The first-order valence-corrected chi connectivity index (χ1v) is 7.63. The fraction of sp³-hybridized carbons (Fsp3) is 0.562. The molecule has 1 aliphatic heterocycles. The van der Waals surface area contributed by atoms with Crippen molar-refractivity contribution in [2.45, 2.75) is 25.9 Å². The normalized spacial score (nSPS) is 15.7. The number of piperidine rings is 1. The summed E-state index contributed by atoms with van der Waals surface area (Å²) in [4.78, 5) is 12.1. The number of ether oxygens (including phenoxy) is 2. The molecule has 0 bridgehead atoms. The maximum absolute atomic E-state index is 12.1. The Labute approximate surface area is 126 Å². The number of para-hydroxylation sites is 1. The summed E-state index contributed by atoms with van der Waals surface area (Å²) in [7, 11) is 0. The lowest BCUT2D eigenvalue weighted by Crippen LogP contribution is -2.34. The molecule has 0 radical (unpaired) electrons. The molecule has 1 aromatic carbocycles. The standard InChI is InChI=1S/C16H24N2O3/c1-2-20-15-6-4-3-5-14(15)16(19)18-11-12-21-13-7-9-17-10-8-13/h3-6,13,17H,2,7-12H2,1H3,(H,18,19). The second-order valence-corrected chi connectivity index (χ2v) is 5.01. The summed E-state index contributed by atoms with van der Waals surface area (Å²) in [5, 5.41) is 6.18. The minimum absolute atomic E-state index is 0.118. The Morgan fingerprint density at radius 2 is 2.10 bits per heavy atom. The smallest absolute Gasteiger partial charge is 0.255 e. The van der Waals surface area contributed by atoms with Gasteiger partial charge in [0.25, 0.3) is 5.91 Å². The molecule has 0 aromatic heterocycles. The summed E-state index contributed by atoms with van der Waals surface area (Å²) in [6, 6.07) is 7.28. The van der Waals surface area contributed by atoms with Gasteiger partial charge in [-0.3, -0.25) is 4.79 Å². The summed E-state index contributed by atoms with van der Waals surface area (Å²) in [6.45, 7) is 5.54. The first-order chi connectivity index (χ1) is 10.3. The molecule has 5 heteroatoms. The maximum Gasteiger partial charge on any atom is 0.255 e. The van der Waals surface area contributed by atoms with Crippen LogP contribution in [0.15, 0.2) is 24.3 Å². The molecule has 1 amide bonds. The first kappa shape index (κ1) is 15.8. The van der Waals surface area contributed by atoms with Gasteiger partial charge in [0, 0.05) is 6.54 Å². The fourth-order valence-corrected chi connectivity index (χ4v) is 2.38. The predicted molar refractivity (Wildman–Crippen MR) is 81.8 cm³/mol. The summed E-state index contributed by atoms with van der Waals surface area (Å²) < 4.78 is 11.2. The Balaban J connectivity index is 1.74. The summed E-state index contributed by atoms with van der Waals surface area (Å²) in [6.07, 6.45) is 2.40. The van der Waals surface area contributed by atoms with Gasteiger partial charge in [-0.05, 0) is 45.0 Å². The molecule has 116 valence electrons. The number of nitrogens with one attached hydrogen (secondary N) is 2. The van der Waals surface area contributed by atoms with Gasteiger partial charge < -0.3 is 20.1 Å². The highest BCUT2D eigenvalue weighted by Crippen LogP contribution is 2.17. The highest BCUT2D eigenvalue weighted by atomic mass is 16.5. The zero-order chi connectivity index (χ0) is 14.9. The molecule has 1 aromatic rings. The van der Waals surface area contributed by atoms with Crippen LogP contribution < -0.4 is 15.4 Å². The lowest BCUT2D eigenvalue weighted by molar-refractivity contribution is 0.0343. The van der Waals surface area contributed by atoms with E-state index < -0.39 is 0 Å². The van der Waals surface area contributed by atoms with E-state index >= 15 is 0 Å². The predicted octanol–water partition coefficient (Wildman–Crippen LogP) is 1.58. The van der Waals surface area contributed by atoms with Gasteiger partial charge >= 0.3 is 0 Å². The number of hydrogen-bond donors (Lipinski definition) is 2. The van der Waals surface area contributed by atoms with Gasteiger partial charge in [-0.15, -0.1) is 0 Å². The van der Waals surface area contributed by atoms with E-state index in [1.165, 1.54) is 0 Å². The van der Waals surface area contributed by atoms with Gasteiger partial charge in [0.2, 0.25) is 0 Å². The number of amides is 1. The van der Waals surface area contributed by atoms with Crippen LogP contribution in [0.2, 0.25) is 0 Å². The van der Waals surface area contributed by atoms with Gasteiger partial charge in [0.05, 0.1) is 24.9 Å². The van der Waals surface area contributed by atoms with Crippen molar-refractivity contribution in [3.05, 3.63) is 29.8 Å². The molecule has 1 saturated heterocycles. The molecule has 2 N–H and O–H groups in total. The monoisotopic (exact) mass is 292 g/mol. The lowest BCUT2D eigenvalue weighted by Gasteiger charge is -2.23. The van der Waals surface area contributed by atoms with Gasteiger partial charge in [0.1, 0.15) is 5.75 Å². The zero-order valence-corrected chi connectivity index (χ0v) is 12.6. The fourth-order valence-electron chi connectivity index (χ4n) is 2.38. The average Bonchev–Trinajstić information content (AvgIpc) is 2.53. The average molecular weight is 292 g/mol. The van der Waals surface area contributed by atoms with E-state index in [0.717, 1.165) is 25.9 Å². The topological polar surface area (TPSA) is 59.6 Å². The van der Waals surface area contributed by atoms with Crippen LogP contribution in [-0.4, -0.2) is 44.9 Å². The van der Waals surface area contributed by atoms with Gasteiger partial charge in [-0.25, -0.2) is 0 Å². The number of hydrogen-bond acceptors (Lipinski definition) is 4. The number of carbonyl (C=O) groups excluding carboxylic acids is 1. The quantitative estimate of drug-likeness (QED) is 0.749. The van der Waals surface area contributed by atoms with Crippen LogP contribution in [0, 0.1) is 0 Å². The van der Waals surface area contributed by atoms with Crippen molar-refractivity contribution in [1.29, 1.82) is 0 Å². The minimum Gasteiger partial charge on any atom is -0.493 e.